The van der Waals surface area contributed by atoms with Crippen molar-refractivity contribution in [2.75, 3.05) is 23.7 Å². The van der Waals surface area contributed by atoms with Gasteiger partial charge in [0.05, 0.1) is 4.90 Å². The zero-order valence-electron chi connectivity index (χ0n) is 14.3. The highest BCUT2D eigenvalue weighted by molar-refractivity contribution is 7.89. The van der Waals surface area contributed by atoms with Crippen molar-refractivity contribution in [1.82, 2.24) is 4.31 Å². The predicted molar refractivity (Wildman–Crippen MR) is 105 cm³/mol. The van der Waals surface area contributed by atoms with Crippen molar-refractivity contribution in [3.63, 3.8) is 0 Å². The van der Waals surface area contributed by atoms with Crippen LogP contribution >= 0.6 is 12.2 Å². The zero-order chi connectivity index (χ0) is 18.7. The lowest BCUT2D eigenvalue weighted by Gasteiger charge is -2.16. The van der Waals surface area contributed by atoms with Crippen LogP contribution in [0.3, 0.4) is 0 Å². The van der Waals surface area contributed by atoms with Gasteiger partial charge < -0.3 is 10.6 Å². The van der Waals surface area contributed by atoms with Crippen LogP contribution in [0.4, 0.5) is 15.8 Å². The van der Waals surface area contributed by atoms with Crippen LogP contribution in [0, 0.1) is 12.7 Å². The molecule has 0 aromatic heterocycles. The maximum atomic E-state index is 13.6. The van der Waals surface area contributed by atoms with Gasteiger partial charge in [-0.3, -0.25) is 0 Å². The van der Waals surface area contributed by atoms with Gasteiger partial charge in [0.25, 0.3) is 0 Å². The van der Waals surface area contributed by atoms with Crippen LogP contribution in [0.5, 0.6) is 0 Å². The van der Waals surface area contributed by atoms with Crippen molar-refractivity contribution in [1.29, 1.82) is 0 Å². The molecule has 2 aromatic carbocycles. The summed E-state index contributed by atoms with van der Waals surface area (Å²) in [7, 11) is -3.43. The smallest absolute Gasteiger partial charge is 0.243 e. The van der Waals surface area contributed by atoms with E-state index in [9.17, 15) is 12.8 Å². The lowest BCUT2D eigenvalue weighted by Crippen LogP contribution is -2.27. The molecule has 0 aliphatic carbocycles. The second kappa shape index (κ2) is 7.69. The van der Waals surface area contributed by atoms with E-state index in [4.69, 9.17) is 12.2 Å². The molecule has 0 unspecified atom stereocenters. The zero-order valence-corrected chi connectivity index (χ0v) is 16.0. The summed E-state index contributed by atoms with van der Waals surface area (Å²) in [6.07, 6.45) is 1.80. The lowest BCUT2D eigenvalue weighted by atomic mass is 10.2. The van der Waals surface area contributed by atoms with E-state index in [1.165, 1.54) is 10.4 Å². The maximum absolute atomic E-state index is 13.6. The minimum atomic E-state index is -3.43. The Morgan fingerprint density at radius 1 is 1.04 bits per heavy atom. The molecule has 3 rings (SSSR count). The molecule has 1 saturated heterocycles. The Labute approximate surface area is 158 Å². The number of benzene rings is 2. The first-order chi connectivity index (χ1) is 12.4. The Morgan fingerprint density at radius 3 is 2.23 bits per heavy atom. The van der Waals surface area contributed by atoms with Gasteiger partial charge in [0.15, 0.2) is 5.11 Å². The van der Waals surface area contributed by atoms with Crippen molar-refractivity contribution < 1.29 is 12.8 Å². The average molecular weight is 394 g/mol. The van der Waals surface area contributed by atoms with Gasteiger partial charge in [-0.1, -0.05) is 6.07 Å². The first-order valence-corrected chi connectivity index (χ1v) is 10.2. The van der Waals surface area contributed by atoms with Gasteiger partial charge in [-0.15, -0.1) is 0 Å². The van der Waals surface area contributed by atoms with Gasteiger partial charge in [-0.05, 0) is 73.9 Å². The number of halogens is 1. The number of aryl methyl sites for hydroxylation is 1. The van der Waals surface area contributed by atoms with Crippen LogP contribution in [-0.2, 0) is 10.0 Å². The summed E-state index contributed by atoms with van der Waals surface area (Å²) in [5, 5.41) is 6.16. The van der Waals surface area contributed by atoms with Crippen LogP contribution in [0.15, 0.2) is 47.4 Å². The molecule has 1 aliphatic heterocycles. The van der Waals surface area contributed by atoms with Gasteiger partial charge in [-0.25, -0.2) is 12.8 Å². The highest BCUT2D eigenvalue weighted by Crippen LogP contribution is 2.22. The first kappa shape index (κ1) is 18.8. The van der Waals surface area contributed by atoms with Gasteiger partial charge in [-0.2, -0.15) is 4.31 Å². The normalized spacial score (nSPS) is 15.0. The number of thiocarbonyl (C=S) groups is 1. The van der Waals surface area contributed by atoms with E-state index in [1.54, 1.807) is 43.3 Å². The Kier molecular flexibility index (Phi) is 5.55. The lowest BCUT2D eigenvalue weighted by molar-refractivity contribution is 0.477. The molecule has 1 aliphatic rings. The van der Waals surface area contributed by atoms with E-state index in [0.29, 0.717) is 35.1 Å². The Balaban J connectivity index is 1.65. The molecular weight excluding hydrogens is 373 g/mol. The van der Waals surface area contributed by atoms with Crippen molar-refractivity contribution in [3.8, 4) is 0 Å². The number of rotatable bonds is 4. The molecule has 1 fully saturated rings. The third-order valence-electron chi connectivity index (χ3n) is 4.24. The van der Waals surface area contributed by atoms with Crippen LogP contribution in [0.1, 0.15) is 18.4 Å². The molecule has 0 saturated carbocycles. The Hall–Kier alpha value is -2.03. The third-order valence-corrected chi connectivity index (χ3v) is 6.36. The van der Waals surface area contributed by atoms with Gasteiger partial charge in [0.2, 0.25) is 10.0 Å². The summed E-state index contributed by atoms with van der Waals surface area (Å²) in [5.74, 6) is -0.311. The average Bonchev–Trinajstić information content (AvgIpc) is 3.14. The summed E-state index contributed by atoms with van der Waals surface area (Å²) in [4.78, 5) is 0.268. The van der Waals surface area contributed by atoms with Crippen LogP contribution < -0.4 is 10.6 Å². The molecule has 0 bridgehead atoms. The molecule has 26 heavy (non-hydrogen) atoms. The van der Waals surface area contributed by atoms with Gasteiger partial charge >= 0.3 is 0 Å². The molecule has 0 radical (unpaired) electrons. The van der Waals surface area contributed by atoms with Crippen LogP contribution in [0.2, 0.25) is 0 Å². The fraction of sp³-hybridized carbons (Fsp3) is 0.278. The molecule has 0 amide bonds. The monoisotopic (exact) mass is 393 g/mol. The maximum Gasteiger partial charge on any atom is 0.243 e. The molecule has 2 N–H and O–H groups in total. The summed E-state index contributed by atoms with van der Waals surface area (Å²) in [6, 6.07) is 11.2. The second-order valence-corrected chi connectivity index (χ2v) is 8.52. The minimum Gasteiger partial charge on any atom is -0.332 e. The van der Waals surface area contributed by atoms with E-state index in [-0.39, 0.29) is 10.7 Å². The largest absolute Gasteiger partial charge is 0.332 e. The molecule has 1 heterocycles. The fourth-order valence-electron chi connectivity index (χ4n) is 2.75. The third kappa shape index (κ3) is 4.20. The standard InChI is InChI=1S/C18H20FN3O2S2/c1-13-4-5-15(12-17(13)19)21-18(25)20-14-6-8-16(9-7-14)26(23,24)22-10-2-3-11-22/h4-9,12H,2-3,10-11H2,1H3,(H2,20,21,25). The minimum absolute atomic E-state index is 0.268. The Bertz CT molecular complexity index is 909. The quantitative estimate of drug-likeness (QED) is 0.775. The van der Waals surface area contributed by atoms with E-state index in [0.717, 1.165) is 12.8 Å². The van der Waals surface area contributed by atoms with Crippen molar-refractivity contribution in [2.45, 2.75) is 24.7 Å². The number of nitrogens with zero attached hydrogens (tertiary/aromatic N) is 1. The molecule has 0 atom stereocenters. The van der Waals surface area contributed by atoms with Crippen LogP contribution in [-0.4, -0.2) is 30.9 Å². The SMILES string of the molecule is Cc1ccc(NC(=S)Nc2ccc(S(=O)(=O)N3CCCC3)cc2)cc1F. The topological polar surface area (TPSA) is 61.4 Å². The molecule has 0 spiro atoms. The van der Waals surface area contributed by atoms with E-state index >= 15 is 0 Å². The predicted octanol–water partition coefficient (Wildman–Crippen LogP) is 3.73. The first-order valence-electron chi connectivity index (χ1n) is 8.30. The van der Waals surface area contributed by atoms with E-state index < -0.39 is 10.0 Å². The van der Waals surface area contributed by atoms with Crippen molar-refractivity contribution >= 4 is 38.7 Å². The fourth-order valence-corrected chi connectivity index (χ4v) is 4.50. The molecule has 138 valence electrons. The van der Waals surface area contributed by atoms with Gasteiger partial charge in [0.1, 0.15) is 5.82 Å². The summed E-state index contributed by atoms with van der Waals surface area (Å²) >= 11 is 5.22. The molecule has 2 aromatic rings. The Morgan fingerprint density at radius 2 is 1.62 bits per heavy atom. The van der Waals surface area contributed by atoms with Crippen molar-refractivity contribution in [3.05, 3.63) is 53.8 Å². The number of sulfonamides is 1. The van der Waals surface area contributed by atoms with E-state index in [2.05, 4.69) is 10.6 Å². The van der Waals surface area contributed by atoms with Crippen LogP contribution in [0.25, 0.3) is 0 Å². The molecule has 5 nitrogen and oxygen atoms in total. The second-order valence-electron chi connectivity index (χ2n) is 6.18. The summed E-state index contributed by atoms with van der Waals surface area (Å²) in [6.45, 7) is 2.83. The highest BCUT2D eigenvalue weighted by atomic mass is 32.2. The summed E-state index contributed by atoms with van der Waals surface area (Å²) < 4.78 is 40.1. The van der Waals surface area contributed by atoms with Crippen molar-refractivity contribution in [2.24, 2.45) is 0 Å². The number of anilines is 2. The number of nitrogens with one attached hydrogen (secondary N) is 2. The molecular formula is C18H20FN3O2S2. The summed E-state index contributed by atoms with van der Waals surface area (Å²) in [5.41, 5.74) is 1.75. The highest BCUT2D eigenvalue weighted by Gasteiger charge is 2.26. The number of hydrogen-bond donors (Lipinski definition) is 2. The van der Waals surface area contributed by atoms with E-state index in [1.807, 2.05) is 0 Å². The number of hydrogen-bond acceptors (Lipinski definition) is 3. The van der Waals surface area contributed by atoms with Gasteiger partial charge in [0, 0.05) is 24.5 Å². The molecule has 8 heteroatoms.